The summed E-state index contributed by atoms with van der Waals surface area (Å²) in [7, 11) is 1.57. The number of benzene rings is 1. The van der Waals surface area contributed by atoms with Gasteiger partial charge in [0.05, 0.1) is 7.11 Å². The number of esters is 1. The van der Waals surface area contributed by atoms with Crippen LogP contribution in [0.2, 0.25) is 0 Å². The van der Waals surface area contributed by atoms with Crippen molar-refractivity contribution >= 4 is 5.97 Å². The van der Waals surface area contributed by atoms with E-state index < -0.39 is 22.9 Å². The summed E-state index contributed by atoms with van der Waals surface area (Å²) in [6, 6.07) is 4.74. The molecular formula is C13H15NO5. The second kappa shape index (κ2) is 5.26. The first kappa shape index (κ1) is 13.3. The SMILES string of the molecule is COc1cc(COC(=O)C2CC2[N+](=O)[O-])ccc1C. The topological polar surface area (TPSA) is 78.7 Å². The van der Waals surface area contributed by atoms with E-state index in [-0.39, 0.29) is 13.0 Å². The van der Waals surface area contributed by atoms with Crippen molar-refractivity contribution in [1.82, 2.24) is 0 Å². The van der Waals surface area contributed by atoms with Crippen LogP contribution in [0.5, 0.6) is 5.75 Å². The molecule has 0 aromatic heterocycles. The van der Waals surface area contributed by atoms with Crippen molar-refractivity contribution in [3.63, 3.8) is 0 Å². The number of hydrogen-bond acceptors (Lipinski definition) is 5. The number of ether oxygens (including phenoxy) is 2. The smallest absolute Gasteiger partial charge is 0.316 e. The highest BCUT2D eigenvalue weighted by atomic mass is 16.6. The van der Waals surface area contributed by atoms with Crippen molar-refractivity contribution in [1.29, 1.82) is 0 Å². The summed E-state index contributed by atoms with van der Waals surface area (Å²) in [6.07, 6.45) is 0.281. The van der Waals surface area contributed by atoms with Gasteiger partial charge in [-0.05, 0) is 24.1 Å². The number of rotatable bonds is 5. The molecule has 2 unspecified atom stereocenters. The van der Waals surface area contributed by atoms with E-state index in [1.165, 1.54) is 0 Å². The van der Waals surface area contributed by atoms with Crippen molar-refractivity contribution in [2.45, 2.75) is 26.0 Å². The van der Waals surface area contributed by atoms with Crippen LogP contribution in [0.1, 0.15) is 17.5 Å². The number of hydrogen-bond donors (Lipinski definition) is 0. The van der Waals surface area contributed by atoms with E-state index in [2.05, 4.69) is 0 Å². The van der Waals surface area contributed by atoms with E-state index >= 15 is 0 Å². The van der Waals surface area contributed by atoms with Gasteiger partial charge in [-0.15, -0.1) is 0 Å². The standard InChI is InChI=1S/C13H15NO5/c1-8-3-4-9(5-12(8)18-2)7-19-13(15)10-6-11(10)14(16)17/h3-5,10-11H,6-7H2,1-2H3. The summed E-state index contributed by atoms with van der Waals surface area (Å²) in [5, 5.41) is 10.5. The molecule has 0 heterocycles. The molecule has 2 atom stereocenters. The Morgan fingerprint density at radius 3 is 2.84 bits per heavy atom. The van der Waals surface area contributed by atoms with Gasteiger partial charge in [0, 0.05) is 11.3 Å². The molecule has 6 nitrogen and oxygen atoms in total. The molecule has 1 fully saturated rings. The fourth-order valence-electron chi connectivity index (χ4n) is 1.88. The molecule has 19 heavy (non-hydrogen) atoms. The molecule has 1 aliphatic carbocycles. The Kier molecular flexibility index (Phi) is 3.69. The average Bonchev–Trinajstić information content (AvgIpc) is 3.17. The summed E-state index contributed by atoms with van der Waals surface area (Å²) >= 11 is 0. The van der Waals surface area contributed by atoms with Crippen molar-refractivity contribution < 1.29 is 19.2 Å². The fraction of sp³-hybridized carbons (Fsp3) is 0.462. The van der Waals surface area contributed by atoms with Crippen LogP contribution in [0, 0.1) is 23.0 Å². The monoisotopic (exact) mass is 265 g/mol. The molecule has 102 valence electrons. The van der Waals surface area contributed by atoms with Crippen LogP contribution in [0.4, 0.5) is 0 Å². The third kappa shape index (κ3) is 3.01. The maximum atomic E-state index is 11.6. The zero-order valence-corrected chi connectivity index (χ0v) is 10.8. The number of carbonyl (C=O) groups excluding carboxylic acids is 1. The van der Waals surface area contributed by atoms with Crippen LogP contribution in [0.25, 0.3) is 0 Å². The van der Waals surface area contributed by atoms with Crippen LogP contribution in [-0.4, -0.2) is 24.0 Å². The first-order valence-electron chi connectivity index (χ1n) is 5.96. The Morgan fingerprint density at radius 2 is 2.26 bits per heavy atom. The number of nitro groups is 1. The predicted molar refractivity (Wildman–Crippen MR) is 66.4 cm³/mol. The van der Waals surface area contributed by atoms with E-state index in [0.717, 1.165) is 16.9 Å². The lowest BCUT2D eigenvalue weighted by Gasteiger charge is -2.08. The second-order valence-corrected chi connectivity index (χ2v) is 4.61. The highest BCUT2D eigenvalue weighted by Crippen LogP contribution is 2.34. The van der Waals surface area contributed by atoms with E-state index in [1.54, 1.807) is 13.2 Å². The molecule has 0 aliphatic heterocycles. The summed E-state index contributed by atoms with van der Waals surface area (Å²) in [5.74, 6) is -0.355. The summed E-state index contributed by atoms with van der Waals surface area (Å²) in [4.78, 5) is 21.6. The summed E-state index contributed by atoms with van der Waals surface area (Å²) < 4.78 is 10.2. The van der Waals surface area contributed by atoms with Gasteiger partial charge in [-0.3, -0.25) is 14.9 Å². The zero-order chi connectivity index (χ0) is 14.0. The van der Waals surface area contributed by atoms with Crippen molar-refractivity contribution in [2.24, 2.45) is 5.92 Å². The molecule has 0 amide bonds. The van der Waals surface area contributed by atoms with E-state index in [0.29, 0.717) is 0 Å². The van der Waals surface area contributed by atoms with Crippen LogP contribution in [0.3, 0.4) is 0 Å². The quantitative estimate of drug-likeness (QED) is 0.460. The minimum absolute atomic E-state index is 0.108. The number of aryl methyl sites for hydroxylation is 1. The summed E-state index contributed by atoms with van der Waals surface area (Å²) in [6.45, 7) is 2.02. The molecule has 0 N–H and O–H groups in total. The van der Waals surface area contributed by atoms with Gasteiger partial charge in [-0.25, -0.2) is 0 Å². The molecule has 1 aromatic rings. The van der Waals surface area contributed by atoms with Gasteiger partial charge >= 0.3 is 5.97 Å². The maximum absolute atomic E-state index is 11.6. The van der Waals surface area contributed by atoms with Gasteiger partial charge in [-0.1, -0.05) is 12.1 Å². The Labute approximate surface area is 110 Å². The third-order valence-electron chi connectivity index (χ3n) is 3.18. The summed E-state index contributed by atoms with van der Waals surface area (Å²) in [5.41, 5.74) is 1.79. The highest BCUT2D eigenvalue weighted by molar-refractivity contribution is 5.76. The molecule has 0 radical (unpaired) electrons. The molecule has 1 saturated carbocycles. The minimum Gasteiger partial charge on any atom is -0.496 e. The molecule has 0 bridgehead atoms. The lowest BCUT2D eigenvalue weighted by Crippen LogP contribution is -2.13. The molecule has 0 spiro atoms. The molecule has 2 rings (SSSR count). The Morgan fingerprint density at radius 1 is 1.53 bits per heavy atom. The Balaban J connectivity index is 1.89. The molecule has 1 aliphatic rings. The van der Waals surface area contributed by atoms with Crippen LogP contribution >= 0.6 is 0 Å². The van der Waals surface area contributed by atoms with Gasteiger partial charge in [0.15, 0.2) is 0 Å². The van der Waals surface area contributed by atoms with Crippen LogP contribution in [-0.2, 0) is 16.1 Å². The third-order valence-corrected chi connectivity index (χ3v) is 3.18. The number of methoxy groups -OCH3 is 1. The Bertz CT molecular complexity index is 514. The molecule has 6 heteroatoms. The van der Waals surface area contributed by atoms with Gasteiger partial charge < -0.3 is 9.47 Å². The largest absolute Gasteiger partial charge is 0.496 e. The Hall–Kier alpha value is -2.11. The van der Waals surface area contributed by atoms with Crippen molar-refractivity contribution in [3.05, 3.63) is 39.4 Å². The number of nitrogens with zero attached hydrogens (tertiary/aromatic N) is 1. The first-order chi connectivity index (χ1) is 9.02. The van der Waals surface area contributed by atoms with Crippen LogP contribution in [0.15, 0.2) is 18.2 Å². The molecular weight excluding hydrogens is 250 g/mol. The molecule has 1 aromatic carbocycles. The normalized spacial score (nSPS) is 20.7. The first-order valence-corrected chi connectivity index (χ1v) is 5.96. The van der Waals surface area contributed by atoms with Crippen molar-refractivity contribution in [3.8, 4) is 5.75 Å². The predicted octanol–water partition coefficient (Wildman–Crippen LogP) is 1.71. The number of carbonyl (C=O) groups is 1. The maximum Gasteiger partial charge on any atom is 0.316 e. The van der Waals surface area contributed by atoms with Crippen molar-refractivity contribution in [2.75, 3.05) is 7.11 Å². The van der Waals surface area contributed by atoms with Gasteiger partial charge in [0.1, 0.15) is 18.3 Å². The average molecular weight is 265 g/mol. The highest BCUT2D eigenvalue weighted by Gasteiger charge is 2.54. The van der Waals surface area contributed by atoms with E-state index in [1.807, 2.05) is 19.1 Å². The van der Waals surface area contributed by atoms with Gasteiger partial charge in [-0.2, -0.15) is 0 Å². The van der Waals surface area contributed by atoms with Crippen LogP contribution < -0.4 is 4.74 Å². The van der Waals surface area contributed by atoms with E-state index in [4.69, 9.17) is 9.47 Å². The van der Waals surface area contributed by atoms with Gasteiger partial charge in [0.2, 0.25) is 6.04 Å². The fourth-order valence-corrected chi connectivity index (χ4v) is 1.88. The van der Waals surface area contributed by atoms with Gasteiger partial charge in [0.25, 0.3) is 0 Å². The lowest BCUT2D eigenvalue weighted by atomic mass is 10.1. The van der Waals surface area contributed by atoms with E-state index in [9.17, 15) is 14.9 Å². The zero-order valence-electron chi connectivity index (χ0n) is 10.8. The molecule has 0 saturated heterocycles. The minimum atomic E-state index is -0.764. The second-order valence-electron chi connectivity index (χ2n) is 4.61. The lowest BCUT2D eigenvalue weighted by molar-refractivity contribution is -0.497.